The Kier molecular flexibility index (Phi) is 6.75. The third-order valence-electron chi connectivity index (χ3n) is 6.06. The zero-order valence-corrected chi connectivity index (χ0v) is 19.0. The first-order valence-corrected chi connectivity index (χ1v) is 11.3. The Morgan fingerprint density at radius 3 is 2.67 bits per heavy atom. The molecular weight excluding hydrogens is 422 g/mol. The van der Waals surface area contributed by atoms with E-state index < -0.39 is 5.91 Å². The van der Waals surface area contributed by atoms with Crippen LogP contribution in [-0.2, 0) is 4.74 Å². The first-order valence-electron chi connectivity index (χ1n) is 11.3. The highest BCUT2D eigenvalue weighted by Gasteiger charge is 2.30. The lowest BCUT2D eigenvalue weighted by atomic mass is 10.1. The minimum absolute atomic E-state index is 0.0142. The van der Waals surface area contributed by atoms with E-state index in [1.54, 1.807) is 18.2 Å². The molecule has 0 saturated carbocycles. The minimum atomic E-state index is -0.636. The van der Waals surface area contributed by atoms with E-state index in [1.165, 1.54) is 6.20 Å². The number of nitrogens with one attached hydrogen (secondary N) is 1. The van der Waals surface area contributed by atoms with Gasteiger partial charge in [0.05, 0.1) is 25.3 Å². The average molecular weight is 454 g/mol. The largest absolute Gasteiger partial charge is 0.377 e. The highest BCUT2D eigenvalue weighted by atomic mass is 16.5. The summed E-state index contributed by atoms with van der Waals surface area (Å²) in [6.07, 6.45) is 3.34. The van der Waals surface area contributed by atoms with Crippen molar-refractivity contribution >= 4 is 29.3 Å². The number of hydrogen-bond acceptors (Lipinski definition) is 8. The quantitative estimate of drug-likeness (QED) is 0.619. The van der Waals surface area contributed by atoms with Crippen molar-refractivity contribution in [1.82, 2.24) is 14.9 Å². The Morgan fingerprint density at radius 1 is 1.21 bits per heavy atom. The van der Waals surface area contributed by atoms with Gasteiger partial charge in [0, 0.05) is 36.6 Å². The number of carbonyl (C=O) groups is 2. The van der Waals surface area contributed by atoms with Crippen molar-refractivity contribution in [1.29, 1.82) is 0 Å². The fourth-order valence-electron chi connectivity index (χ4n) is 4.41. The number of nitrogens with two attached hydrogens (primary N) is 2. The van der Waals surface area contributed by atoms with E-state index in [1.807, 2.05) is 29.7 Å². The third-order valence-corrected chi connectivity index (χ3v) is 6.06. The molecule has 3 heterocycles. The number of rotatable bonds is 5. The van der Waals surface area contributed by atoms with Crippen molar-refractivity contribution in [3.05, 3.63) is 41.6 Å². The summed E-state index contributed by atoms with van der Waals surface area (Å²) < 4.78 is 5.54. The first-order chi connectivity index (χ1) is 15.8. The predicted octanol–water partition coefficient (Wildman–Crippen LogP) is 1.50. The number of benzene rings is 1. The third kappa shape index (κ3) is 5.07. The molecule has 0 aliphatic carbocycles. The molecule has 33 heavy (non-hydrogen) atoms. The molecule has 1 aromatic carbocycles. The number of morpholine rings is 1. The van der Waals surface area contributed by atoms with Crippen LogP contribution < -0.4 is 21.7 Å². The van der Waals surface area contributed by atoms with Crippen LogP contribution in [0.25, 0.3) is 0 Å². The van der Waals surface area contributed by atoms with Gasteiger partial charge in [-0.3, -0.25) is 9.59 Å². The monoisotopic (exact) mass is 453 g/mol. The number of ether oxygens (including phenoxy) is 1. The molecule has 3 atom stereocenters. The van der Waals surface area contributed by atoms with Crippen molar-refractivity contribution in [2.45, 2.75) is 44.8 Å². The van der Waals surface area contributed by atoms with E-state index in [9.17, 15) is 9.59 Å². The number of hydrogen-bond donors (Lipinski definition) is 3. The highest BCUT2D eigenvalue weighted by molar-refractivity contribution is 5.99. The molecule has 0 bridgehead atoms. The maximum Gasteiger partial charge on any atom is 0.254 e. The smallest absolute Gasteiger partial charge is 0.254 e. The first kappa shape index (κ1) is 22.9. The normalized spacial score (nSPS) is 23.3. The molecule has 2 saturated heterocycles. The fourth-order valence-corrected chi connectivity index (χ4v) is 4.41. The molecule has 2 aliphatic heterocycles. The summed E-state index contributed by atoms with van der Waals surface area (Å²) in [7, 11) is 0. The number of carbonyl (C=O) groups excluding carboxylic acids is 2. The van der Waals surface area contributed by atoms with Crippen LogP contribution in [0.3, 0.4) is 0 Å². The maximum absolute atomic E-state index is 13.2. The number of piperidine rings is 1. The van der Waals surface area contributed by atoms with E-state index in [-0.39, 0.29) is 29.6 Å². The molecule has 1 aromatic heterocycles. The van der Waals surface area contributed by atoms with E-state index >= 15 is 0 Å². The van der Waals surface area contributed by atoms with E-state index in [4.69, 9.17) is 16.2 Å². The maximum atomic E-state index is 13.2. The van der Waals surface area contributed by atoms with E-state index in [0.29, 0.717) is 42.8 Å². The van der Waals surface area contributed by atoms with E-state index in [2.05, 4.69) is 15.3 Å². The lowest BCUT2D eigenvalue weighted by molar-refractivity contribution is -0.0249. The van der Waals surface area contributed by atoms with Gasteiger partial charge in [-0.25, -0.2) is 4.98 Å². The van der Waals surface area contributed by atoms with Gasteiger partial charge in [0.2, 0.25) is 5.95 Å². The average Bonchev–Trinajstić information content (AvgIpc) is 2.79. The molecule has 5 N–H and O–H groups in total. The van der Waals surface area contributed by atoms with Gasteiger partial charge in [0.15, 0.2) is 0 Å². The van der Waals surface area contributed by atoms with Gasteiger partial charge < -0.3 is 31.3 Å². The van der Waals surface area contributed by atoms with E-state index in [0.717, 1.165) is 19.4 Å². The molecule has 0 spiro atoms. The van der Waals surface area contributed by atoms with Gasteiger partial charge in [-0.1, -0.05) is 6.07 Å². The van der Waals surface area contributed by atoms with Gasteiger partial charge in [0.25, 0.3) is 11.8 Å². The molecule has 10 nitrogen and oxygen atoms in total. The molecule has 2 aromatic rings. The standard InChI is InChI=1S/C23H31N7O3/c1-14-12-33-13-15(2)30(14)22(32)16-5-3-7-18(9-16)27-21-19(20(25)31)10-26-23(28-21)29-8-4-6-17(24)11-29/h3,5,7,9-10,14-15,17H,4,6,8,11-13,24H2,1-2H3,(H2,25,31)(H,26,27,28)/t14-,15+,17-/m0/s1. The number of anilines is 3. The molecule has 2 aliphatic rings. The number of amides is 2. The second-order valence-electron chi connectivity index (χ2n) is 8.80. The molecule has 2 amide bonds. The van der Waals surface area contributed by atoms with Crippen LogP contribution in [0.5, 0.6) is 0 Å². The summed E-state index contributed by atoms with van der Waals surface area (Å²) in [6.45, 7) is 6.42. The minimum Gasteiger partial charge on any atom is -0.377 e. The summed E-state index contributed by atoms with van der Waals surface area (Å²) in [5.41, 5.74) is 13.0. The summed E-state index contributed by atoms with van der Waals surface area (Å²) in [5, 5.41) is 3.16. The van der Waals surface area contributed by atoms with Crippen molar-refractivity contribution < 1.29 is 14.3 Å². The number of primary amides is 1. The number of aromatic nitrogens is 2. The Morgan fingerprint density at radius 2 is 1.97 bits per heavy atom. The molecule has 10 heteroatoms. The van der Waals surface area contributed by atoms with Crippen molar-refractivity contribution in [2.75, 3.05) is 36.5 Å². The zero-order chi connectivity index (χ0) is 23.5. The Labute approximate surface area is 193 Å². The Hall–Kier alpha value is -3.24. The van der Waals surface area contributed by atoms with Crippen LogP contribution in [0, 0.1) is 0 Å². The van der Waals surface area contributed by atoms with Gasteiger partial charge in [-0.15, -0.1) is 0 Å². The molecule has 4 rings (SSSR count). The lowest BCUT2D eigenvalue weighted by Gasteiger charge is -2.38. The molecule has 2 fully saturated rings. The van der Waals surface area contributed by atoms with Gasteiger partial charge in [-0.05, 0) is 44.9 Å². The van der Waals surface area contributed by atoms with Gasteiger partial charge >= 0.3 is 0 Å². The Bertz CT molecular complexity index is 1020. The predicted molar refractivity (Wildman–Crippen MR) is 126 cm³/mol. The molecular formula is C23H31N7O3. The van der Waals surface area contributed by atoms with Crippen LogP contribution in [0.15, 0.2) is 30.5 Å². The summed E-state index contributed by atoms with van der Waals surface area (Å²) in [6, 6.07) is 7.16. The molecule has 176 valence electrons. The zero-order valence-electron chi connectivity index (χ0n) is 19.0. The number of nitrogens with zero attached hydrogens (tertiary/aromatic N) is 4. The van der Waals surface area contributed by atoms with Crippen molar-refractivity contribution in [2.24, 2.45) is 11.5 Å². The summed E-state index contributed by atoms with van der Waals surface area (Å²) in [5.74, 6) is 0.0792. The lowest BCUT2D eigenvalue weighted by Crippen LogP contribution is -2.52. The van der Waals surface area contributed by atoms with Crippen LogP contribution in [0.4, 0.5) is 17.5 Å². The van der Waals surface area contributed by atoms with Crippen LogP contribution in [0.2, 0.25) is 0 Å². The van der Waals surface area contributed by atoms with Gasteiger partial charge in [-0.2, -0.15) is 4.98 Å². The van der Waals surface area contributed by atoms with Crippen LogP contribution >= 0.6 is 0 Å². The second kappa shape index (κ2) is 9.72. The fraction of sp³-hybridized carbons (Fsp3) is 0.478. The molecule has 0 radical (unpaired) electrons. The highest BCUT2D eigenvalue weighted by Crippen LogP contribution is 2.25. The van der Waals surface area contributed by atoms with Crippen LogP contribution in [0.1, 0.15) is 47.4 Å². The summed E-state index contributed by atoms with van der Waals surface area (Å²) in [4.78, 5) is 38.0. The van der Waals surface area contributed by atoms with Gasteiger partial charge in [0.1, 0.15) is 11.4 Å². The Balaban J connectivity index is 1.60. The summed E-state index contributed by atoms with van der Waals surface area (Å²) >= 11 is 0. The van der Waals surface area contributed by atoms with Crippen LogP contribution in [-0.4, -0.2) is 71.1 Å². The van der Waals surface area contributed by atoms with Crippen molar-refractivity contribution in [3.63, 3.8) is 0 Å². The topological polar surface area (TPSA) is 140 Å². The second-order valence-corrected chi connectivity index (χ2v) is 8.80. The molecule has 0 unspecified atom stereocenters. The SMILES string of the molecule is C[C@@H]1COC[C@H](C)N1C(=O)c1cccc(Nc2nc(N3CCC[C@H](N)C3)ncc2C(N)=O)c1. The van der Waals surface area contributed by atoms with Crippen molar-refractivity contribution in [3.8, 4) is 0 Å².